The molecular formula is C21H24N6O3. The molecule has 1 aromatic carbocycles. The number of hydrogen-bond donors (Lipinski definition) is 2. The van der Waals surface area contributed by atoms with Gasteiger partial charge in [-0.1, -0.05) is 12.1 Å². The number of nitrogen functional groups attached to an aromatic ring is 1. The van der Waals surface area contributed by atoms with Crippen LogP contribution in [0.15, 0.2) is 36.4 Å². The summed E-state index contributed by atoms with van der Waals surface area (Å²) in [6, 6.07) is 11.2. The molecule has 9 heteroatoms. The summed E-state index contributed by atoms with van der Waals surface area (Å²) in [5, 5.41) is 2.75. The molecule has 1 aliphatic rings. The van der Waals surface area contributed by atoms with Gasteiger partial charge in [-0.3, -0.25) is 9.69 Å². The molecule has 1 fully saturated rings. The van der Waals surface area contributed by atoms with Crippen LogP contribution in [-0.2, 0) is 9.53 Å². The summed E-state index contributed by atoms with van der Waals surface area (Å²) in [5.74, 6) is 0.381. The number of carbonyl (C=O) groups excluding carboxylic acids is 1. The van der Waals surface area contributed by atoms with E-state index >= 15 is 0 Å². The number of nitrogens with one attached hydrogen (secondary N) is 1. The number of fused-ring (bicyclic) bond motifs is 1. The van der Waals surface area contributed by atoms with E-state index in [4.69, 9.17) is 20.2 Å². The summed E-state index contributed by atoms with van der Waals surface area (Å²) in [4.78, 5) is 26.7. The fourth-order valence-corrected chi connectivity index (χ4v) is 3.35. The number of amides is 1. The molecule has 156 valence electrons. The smallest absolute Gasteiger partial charge is 0.247 e. The number of benzene rings is 1. The molecule has 0 radical (unpaired) electrons. The van der Waals surface area contributed by atoms with Crippen molar-refractivity contribution in [1.29, 1.82) is 0 Å². The fraction of sp³-hybridized carbons (Fsp3) is 0.333. The quantitative estimate of drug-likeness (QED) is 0.661. The molecule has 0 bridgehead atoms. The molecule has 1 unspecified atom stereocenters. The zero-order chi connectivity index (χ0) is 21.1. The first-order valence-electron chi connectivity index (χ1n) is 9.80. The fourth-order valence-electron chi connectivity index (χ4n) is 3.35. The lowest BCUT2D eigenvalue weighted by atomic mass is 10.1. The van der Waals surface area contributed by atoms with Crippen LogP contribution in [0, 0.1) is 0 Å². The van der Waals surface area contributed by atoms with Crippen LogP contribution in [0.4, 0.5) is 11.6 Å². The van der Waals surface area contributed by atoms with Crippen LogP contribution in [-0.4, -0.2) is 58.3 Å². The maximum absolute atomic E-state index is 11.2. The average molecular weight is 408 g/mol. The van der Waals surface area contributed by atoms with E-state index in [1.54, 1.807) is 0 Å². The van der Waals surface area contributed by atoms with Crippen molar-refractivity contribution in [3.8, 4) is 17.1 Å². The van der Waals surface area contributed by atoms with Crippen molar-refractivity contribution in [3.63, 3.8) is 0 Å². The van der Waals surface area contributed by atoms with Crippen molar-refractivity contribution < 1.29 is 14.3 Å². The molecule has 4 rings (SSSR count). The number of anilines is 2. The van der Waals surface area contributed by atoms with Gasteiger partial charge >= 0.3 is 0 Å². The number of ether oxygens (including phenoxy) is 2. The molecule has 0 saturated carbocycles. The third kappa shape index (κ3) is 4.47. The first kappa shape index (κ1) is 20.0. The lowest BCUT2D eigenvalue weighted by Crippen LogP contribution is -2.44. The number of pyridine rings is 1. The van der Waals surface area contributed by atoms with Gasteiger partial charge in [0.05, 0.1) is 24.4 Å². The molecule has 2 aromatic heterocycles. The SMILES string of the molecule is CC(=O)Nc1ccc(-c2ccc3nc(N)nc(OC(C)N4CCOCC4)c3n2)cc1. The third-order valence-electron chi connectivity index (χ3n) is 4.87. The molecule has 0 aliphatic carbocycles. The van der Waals surface area contributed by atoms with Crippen LogP contribution in [0.3, 0.4) is 0 Å². The second-order valence-corrected chi connectivity index (χ2v) is 7.08. The van der Waals surface area contributed by atoms with Crippen LogP contribution in [0.2, 0.25) is 0 Å². The van der Waals surface area contributed by atoms with E-state index in [1.807, 2.05) is 43.3 Å². The van der Waals surface area contributed by atoms with E-state index in [9.17, 15) is 4.79 Å². The minimum absolute atomic E-state index is 0.113. The molecule has 1 aliphatic heterocycles. The minimum atomic E-state index is -0.200. The van der Waals surface area contributed by atoms with E-state index < -0.39 is 0 Å². The van der Waals surface area contributed by atoms with Crippen molar-refractivity contribution in [3.05, 3.63) is 36.4 Å². The van der Waals surface area contributed by atoms with Crippen molar-refractivity contribution in [2.45, 2.75) is 20.1 Å². The molecule has 30 heavy (non-hydrogen) atoms. The standard InChI is InChI=1S/C21H24N6O3/c1-13(28)23-16-5-3-15(4-6-16)17-7-8-18-19(24-17)20(26-21(22)25-18)30-14(2)27-9-11-29-12-10-27/h3-8,14H,9-12H2,1-2H3,(H,23,28)(H2,22,25,26). The summed E-state index contributed by atoms with van der Waals surface area (Å²) in [6.45, 7) is 6.39. The number of carbonyl (C=O) groups is 1. The summed E-state index contributed by atoms with van der Waals surface area (Å²) >= 11 is 0. The van der Waals surface area contributed by atoms with Gasteiger partial charge in [-0.2, -0.15) is 4.98 Å². The lowest BCUT2D eigenvalue weighted by Gasteiger charge is -2.31. The summed E-state index contributed by atoms with van der Waals surface area (Å²) in [6.07, 6.45) is -0.200. The van der Waals surface area contributed by atoms with Crippen molar-refractivity contribution >= 4 is 28.6 Å². The number of nitrogens with two attached hydrogens (primary N) is 1. The van der Waals surface area contributed by atoms with E-state index in [1.165, 1.54) is 6.92 Å². The van der Waals surface area contributed by atoms with Gasteiger partial charge < -0.3 is 20.5 Å². The van der Waals surface area contributed by atoms with E-state index in [0.717, 1.165) is 30.0 Å². The summed E-state index contributed by atoms with van der Waals surface area (Å²) in [5.41, 5.74) is 9.42. The zero-order valence-corrected chi connectivity index (χ0v) is 17.0. The van der Waals surface area contributed by atoms with Crippen LogP contribution in [0.1, 0.15) is 13.8 Å². The Morgan fingerprint density at radius 3 is 2.57 bits per heavy atom. The van der Waals surface area contributed by atoms with Gasteiger partial charge in [0.2, 0.25) is 17.7 Å². The number of hydrogen-bond acceptors (Lipinski definition) is 8. The summed E-state index contributed by atoms with van der Waals surface area (Å²) in [7, 11) is 0. The number of aromatic nitrogens is 3. The second-order valence-electron chi connectivity index (χ2n) is 7.08. The highest BCUT2D eigenvalue weighted by molar-refractivity contribution is 5.89. The number of morpholine rings is 1. The van der Waals surface area contributed by atoms with Gasteiger partial charge in [0.25, 0.3) is 0 Å². The van der Waals surface area contributed by atoms with Gasteiger partial charge in [0.1, 0.15) is 0 Å². The molecule has 1 saturated heterocycles. The highest BCUT2D eigenvalue weighted by Crippen LogP contribution is 2.27. The predicted octanol–water partition coefficient (Wildman–Crippen LogP) is 2.29. The monoisotopic (exact) mass is 408 g/mol. The van der Waals surface area contributed by atoms with Crippen molar-refractivity contribution in [2.75, 3.05) is 37.4 Å². The maximum Gasteiger partial charge on any atom is 0.247 e. The Morgan fingerprint density at radius 1 is 1.13 bits per heavy atom. The number of rotatable bonds is 5. The molecule has 3 aromatic rings. The van der Waals surface area contributed by atoms with Gasteiger partial charge in [-0.15, -0.1) is 0 Å². The van der Waals surface area contributed by atoms with E-state index in [2.05, 4.69) is 20.2 Å². The molecule has 3 N–H and O–H groups in total. The van der Waals surface area contributed by atoms with Crippen molar-refractivity contribution in [2.24, 2.45) is 0 Å². The van der Waals surface area contributed by atoms with Gasteiger partial charge in [0, 0.05) is 31.3 Å². The lowest BCUT2D eigenvalue weighted by molar-refractivity contribution is -0.114. The molecule has 1 amide bonds. The highest BCUT2D eigenvalue weighted by atomic mass is 16.5. The molecule has 9 nitrogen and oxygen atoms in total. The molecule has 1 atom stereocenters. The zero-order valence-electron chi connectivity index (χ0n) is 17.0. The van der Waals surface area contributed by atoms with E-state index in [0.29, 0.717) is 30.1 Å². The Hall–Kier alpha value is -3.30. The molecule has 0 spiro atoms. The van der Waals surface area contributed by atoms with Crippen LogP contribution >= 0.6 is 0 Å². The Bertz CT molecular complexity index is 1050. The second kappa shape index (κ2) is 8.60. The van der Waals surface area contributed by atoms with Gasteiger partial charge in [-0.05, 0) is 31.2 Å². The van der Waals surface area contributed by atoms with Crippen LogP contribution in [0.25, 0.3) is 22.3 Å². The van der Waals surface area contributed by atoms with Crippen LogP contribution < -0.4 is 15.8 Å². The highest BCUT2D eigenvalue weighted by Gasteiger charge is 2.21. The first-order chi connectivity index (χ1) is 14.5. The Kier molecular flexibility index (Phi) is 5.73. The molecular weight excluding hydrogens is 384 g/mol. The Morgan fingerprint density at radius 2 is 1.87 bits per heavy atom. The first-order valence-corrected chi connectivity index (χ1v) is 9.80. The Balaban J connectivity index is 1.64. The Labute approximate surface area is 174 Å². The summed E-state index contributed by atoms with van der Waals surface area (Å²) < 4.78 is 11.5. The number of nitrogens with zero attached hydrogens (tertiary/aromatic N) is 4. The van der Waals surface area contributed by atoms with Gasteiger partial charge in [0.15, 0.2) is 11.7 Å². The topological polar surface area (TPSA) is 115 Å². The minimum Gasteiger partial charge on any atom is -0.457 e. The third-order valence-corrected chi connectivity index (χ3v) is 4.87. The maximum atomic E-state index is 11.2. The predicted molar refractivity (Wildman–Crippen MR) is 114 cm³/mol. The van der Waals surface area contributed by atoms with Crippen molar-refractivity contribution in [1.82, 2.24) is 19.9 Å². The average Bonchev–Trinajstić information content (AvgIpc) is 2.74. The van der Waals surface area contributed by atoms with Gasteiger partial charge in [-0.25, -0.2) is 9.97 Å². The molecule has 3 heterocycles. The largest absolute Gasteiger partial charge is 0.457 e. The van der Waals surface area contributed by atoms with E-state index in [-0.39, 0.29) is 18.1 Å². The normalized spacial score (nSPS) is 15.7. The van der Waals surface area contributed by atoms with Crippen LogP contribution in [0.5, 0.6) is 5.88 Å².